The molecule has 0 bridgehead atoms. The predicted octanol–water partition coefficient (Wildman–Crippen LogP) is 2.49. The van der Waals surface area contributed by atoms with E-state index in [9.17, 15) is 9.18 Å². The first-order valence-corrected chi connectivity index (χ1v) is 5.30. The number of pyridine rings is 1. The predicted molar refractivity (Wildman–Crippen MR) is 65.0 cm³/mol. The lowest BCUT2D eigenvalue weighted by Gasteiger charge is -2.06. The molecule has 1 heterocycles. The maximum atomic E-state index is 13.4. The molecule has 0 saturated carbocycles. The summed E-state index contributed by atoms with van der Waals surface area (Å²) in [7, 11) is 0. The third-order valence-corrected chi connectivity index (χ3v) is 2.33. The minimum absolute atomic E-state index is 0.142. The van der Waals surface area contributed by atoms with Crippen molar-refractivity contribution < 1.29 is 14.3 Å². The summed E-state index contributed by atoms with van der Waals surface area (Å²) >= 11 is 0. The summed E-state index contributed by atoms with van der Waals surface area (Å²) in [5.41, 5.74) is 0.607. The lowest BCUT2D eigenvalue weighted by Crippen LogP contribution is -2.14. The SMILES string of the molecule is Cc1cccc(NC(=O)c2ccc(O)cc2F)n1. The Kier molecular flexibility index (Phi) is 3.23. The Bertz CT molecular complexity index is 599. The van der Waals surface area contributed by atoms with Crippen LogP contribution in [0, 0.1) is 12.7 Å². The lowest BCUT2D eigenvalue weighted by atomic mass is 10.2. The molecule has 1 aromatic heterocycles. The highest BCUT2D eigenvalue weighted by Crippen LogP contribution is 2.16. The summed E-state index contributed by atoms with van der Waals surface area (Å²) in [6.45, 7) is 1.79. The first-order chi connectivity index (χ1) is 8.56. The third kappa shape index (κ3) is 2.63. The zero-order valence-electron chi connectivity index (χ0n) is 9.64. The molecule has 5 heteroatoms. The first kappa shape index (κ1) is 12.0. The summed E-state index contributed by atoms with van der Waals surface area (Å²) in [6, 6.07) is 8.50. The normalized spacial score (nSPS) is 10.1. The van der Waals surface area contributed by atoms with E-state index >= 15 is 0 Å². The molecule has 0 atom stereocenters. The molecular weight excluding hydrogens is 235 g/mol. The van der Waals surface area contributed by atoms with Gasteiger partial charge in [0.25, 0.3) is 5.91 Å². The van der Waals surface area contributed by atoms with Crippen molar-refractivity contribution in [2.45, 2.75) is 6.92 Å². The van der Waals surface area contributed by atoms with Gasteiger partial charge in [0, 0.05) is 11.8 Å². The number of phenols is 1. The van der Waals surface area contributed by atoms with Gasteiger partial charge in [-0.25, -0.2) is 9.37 Å². The summed E-state index contributed by atoms with van der Waals surface area (Å²) in [5, 5.41) is 11.5. The Morgan fingerprint density at radius 3 is 2.78 bits per heavy atom. The Hall–Kier alpha value is -2.43. The quantitative estimate of drug-likeness (QED) is 0.855. The molecule has 2 aromatic rings. The van der Waals surface area contributed by atoms with Gasteiger partial charge in [-0.3, -0.25) is 4.79 Å². The van der Waals surface area contributed by atoms with E-state index in [0.717, 1.165) is 11.8 Å². The van der Waals surface area contributed by atoms with Crippen LogP contribution in [0.2, 0.25) is 0 Å². The number of aromatic hydroxyl groups is 1. The molecule has 0 fully saturated rings. The molecule has 0 radical (unpaired) electrons. The van der Waals surface area contributed by atoms with Gasteiger partial charge in [-0.2, -0.15) is 0 Å². The van der Waals surface area contributed by atoms with Crippen LogP contribution in [-0.2, 0) is 0 Å². The van der Waals surface area contributed by atoms with E-state index in [0.29, 0.717) is 5.82 Å². The average molecular weight is 246 g/mol. The second-order valence-electron chi connectivity index (χ2n) is 3.78. The number of anilines is 1. The number of hydrogen-bond acceptors (Lipinski definition) is 3. The highest BCUT2D eigenvalue weighted by Gasteiger charge is 2.12. The number of aromatic nitrogens is 1. The number of aryl methyl sites for hydroxylation is 1. The van der Waals surface area contributed by atoms with Crippen LogP contribution in [-0.4, -0.2) is 16.0 Å². The molecule has 2 N–H and O–H groups in total. The van der Waals surface area contributed by atoms with Gasteiger partial charge in [0.2, 0.25) is 0 Å². The van der Waals surface area contributed by atoms with Crippen molar-refractivity contribution in [1.29, 1.82) is 0 Å². The van der Waals surface area contributed by atoms with Gasteiger partial charge < -0.3 is 10.4 Å². The van der Waals surface area contributed by atoms with E-state index in [2.05, 4.69) is 10.3 Å². The molecule has 0 aliphatic heterocycles. The van der Waals surface area contributed by atoms with Crippen LogP contribution < -0.4 is 5.32 Å². The van der Waals surface area contributed by atoms with Crippen LogP contribution in [0.3, 0.4) is 0 Å². The molecule has 0 spiro atoms. The van der Waals surface area contributed by atoms with Crippen LogP contribution in [0.5, 0.6) is 5.75 Å². The largest absolute Gasteiger partial charge is 0.508 e. The standard InChI is InChI=1S/C13H11FN2O2/c1-8-3-2-4-12(15-8)16-13(18)10-6-5-9(17)7-11(10)14/h2-7,17H,1H3,(H,15,16,18). The molecule has 1 amide bonds. The zero-order chi connectivity index (χ0) is 13.1. The molecule has 0 unspecified atom stereocenters. The Labute approximate surface area is 103 Å². The molecule has 1 aromatic carbocycles. The number of amides is 1. The Morgan fingerprint density at radius 1 is 1.33 bits per heavy atom. The fourth-order valence-corrected chi connectivity index (χ4v) is 1.48. The van der Waals surface area contributed by atoms with Crippen molar-refractivity contribution in [1.82, 2.24) is 4.98 Å². The molecule has 2 rings (SSSR count). The van der Waals surface area contributed by atoms with Crippen LogP contribution in [0.25, 0.3) is 0 Å². The van der Waals surface area contributed by atoms with Crippen molar-refractivity contribution in [2.75, 3.05) is 5.32 Å². The first-order valence-electron chi connectivity index (χ1n) is 5.30. The smallest absolute Gasteiger partial charge is 0.259 e. The van der Waals surface area contributed by atoms with Crippen LogP contribution in [0.4, 0.5) is 10.2 Å². The topological polar surface area (TPSA) is 62.2 Å². The lowest BCUT2D eigenvalue weighted by molar-refractivity contribution is 0.102. The maximum absolute atomic E-state index is 13.4. The third-order valence-electron chi connectivity index (χ3n) is 2.33. The monoisotopic (exact) mass is 246 g/mol. The number of hydrogen-bond donors (Lipinski definition) is 2. The van der Waals surface area contributed by atoms with E-state index in [1.54, 1.807) is 25.1 Å². The van der Waals surface area contributed by atoms with Crippen molar-refractivity contribution >= 4 is 11.7 Å². The number of halogens is 1. The minimum atomic E-state index is -0.778. The van der Waals surface area contributed by atoms with Gasteiger partial charge in [-0.1, -0.05) is 6.07 Å². The molecule has 4 nitrogen and oxygen atoms in total. The summed E-state index contributed by atoms with van der Waals surface area (Å²) in [4.78, 5) is 15.9. The number of carbonyl (C=O) groups is 1. The second kappa shape index (κ2) is 4.83. The number of carbonyl (C=O) groups excluding carboxylic acids is 1. The highest BCUT2D eigenvalue weighted by atomic mass is 19.1. The number of nitrogens with one attached hydrogen (secondary N) is 1. The molecule has 18 heavy (non-hydrogen) atoms. The Balaban J connectivity index is 2.22. The second-order valence-corrected chi connectivity index (χ2v) is 3.78. The number of nitrogens with zero attached hydrogens (tertiary/aromatic N) is 1. The van der Waals surface area contributed by atoms with Crippen LogP contribution in [0.15, 0.2) is 36.4 Å². The maximum Gasteiger partial charge on any atom is 0.259 e. The van der Waals surface area contributed by atoms with E-state index < -0.39 is 11.7 Å². The average Bonchev–Trinajstić information content (AvgIpc) is 2.28. The highest BCUT2D eigenvalue weighted by molar-refractivity contribution is 6.04. The van der Waals surface area contributed by atoms with E-state index in [1.807, 2.05) is 0 Å². The van der Waals surface area contributed by atoms with E-state index in [-0.39, 0.29) is 11.3 Å². The van der Waals surface area contributed by atoms with Crippen molar-refractivity contribution in [3.8, 4) is 5.75 Å². The van der Waals surface area contributed by atoms with Gasteiger partial charge in [0.05, 0.1) is 5.56 Å². The van der Waals surface area contributed by atoms with Gasteiger partial charge in [-0.15, -0.1) is 0 Å². The summed E-state index contributed by atoms with van der Waals surface area (Å²) < 4.78 is 13.4. The van der Waals surface area contributed by atoms with Crippen molar-refractivity contribution in [2.24, 2.45) is 0 Å². The molecule has 0 saturated heterocycles. The van der Waals surface area contributed by atoms with Crippen molar-refractivity contribution in [3.05, 3.63) is 53.5 Å². The van der Waals surface area contributed by atoms with Crippen LogP contribution >= 0.6 is 0 Å². The number of phenolic OH excluding ortho intramolecular Hbond substituents is 1. The Morgan fingerprint density at radius 2 is 2.11 bits per heavy atom. The minimum Gasteiger partial charge on any atom is -0.508 e. The van der Waals surface area contributed by atoms with E-state index in [1.165, 1.54) is 12.1 Å². The molecule has 92 valence electrons. The molecule has 0 aliphatic carbocycles. The van der Waals surface area contributed by atoms with Gasteiger partial charge >= 0.3 is 0 Å². The van der Waals surface area contributed by atoms with Crippen LogP contribution in [0.1, 0.15) is 16.1 Å². The fourth-order valence-electron chi connectivity index (χ4n) is 1.48. The van der Waals surface area contributed by atoms with Gasteiger partial charge in [0.15, 0.2) is 0 Å². The molecule has 0 aliphatic rings. The summed E-state index contributed by atoms with van der Waals surface area (Å²) in [6.07, 6.45) is 0. The molecular formula is C13H11FN2O2. The van der Waals surface area contributed by atoms with Crippen molar-refractivity contribution in [3.63, 3.8) is 0 Å². The zero-order valence-corrected chi connectivity index (χ0v) is 9.64. The summed E-state index contributed by atoms with van der Waals surface area (Å²) in [5.74, 6) is -1.25. The number of benzene rings is 1. The van der Waals surface area contributed by atoms with E-state index in [4.69, 9.17) is 5.11 Å². The number of rotatable bonds is 2. The van der Waals surface area contributed by atoms with Gasteiger partial charge in [0.1, 0.15) is 17.4 Å². The van der Waals surface area contributed by atoms with Gasteiger partial charge in [-0.05, 0) is 31.2 Å². The fraction of sp³-hybridized carbons (Fsp3) is 0.0769.